The molecular formula is C15H22O3. The Labute approximate surface area is 109 Å². The van der Waals surface area contributed by atoms with Gasteiger partial charge in [0.25, 0.3) is 0 Å². The van der Waals surface area contributed by atoms with Gasteiger partial charge in [-0.2, -0.15) is 0 Å². The van der Waals surface area contributed by atoms with Crippen molar-refractivity contribution in [2.24, 2.45) is 0 Å². The van der Waals surface area contributed by atoms with Gasteiger partial charge in [-0.25, -0.2) is 4.79 Å². The van der Waals surface area contributed by atoms with E-state index in [1.54, 1.807) is 6.92 Å². The first-order valence-electron chi connectivity index (χ1n) is 6.70. The Bertz CT molecular complexity index is 361. The first-order chi connectivity index (χ1) is 8.77. The van der Waals surface area contributed by atoms with Gasteiger partial charge < -0.3 is 9.47 Å². The van der Waals surface area contributed by atoms with Crippen LogP contribution < -0.4 is 4.74 Å². The molecule has 1 rings (SSSR count). The summed E-state index contributed by atoms with van der Waals surface area (Å²) in [6.45, 7) is 4.28. The fraction of sp³-hybridized carbons (Fsp3) is 0.533. The summed E-state index contributed by atoms with van der Waals surface area (Å²) in [5, 5.41) is 0. The maximum atomic E-state index is 11.3. The van der Waals surface area contributed by atoms with E-state index in [2.05, 4.69) is 6.92 Å². The van der Waals surface area contributed by atoms with Crippen LogP contribution in [0.4, 0.5) is 4.79 Å². The molecule has 0 aliphatic heterocycles. The molecule has 1 aromatic carbocycles. The smallest absolute Gasteiger partial charge is 0.434 e. The molecule has 0 aromatic heterocycles. The number of benzene rings is 1. The van der Waals surface area contributed by atoms with Crippen LogP contribution in [0, 0.1) is 0 Å². The molecule has 0 radical (unpaired) electrons. The molecule has 0 amide bonds. The Balaban J connectivity index is 2.53. The van der Waals surface area contributed by atoms with Gasteiger partial charge in [0.2, 0.25) is 0 Å². The Morgan fingerprint density at radius 1 is 1.11 bits per heavy atom. The van der Waals surface area contributed by atoms with Gasteiger partial charge in [-0.3, -0.25) is 0 Å². The third-order valence-electron chi connectivity index (χ3n) is 2.73. The molecule has 0 spiro atoms. The zero-order valence-corrected chi connectivity index (χ0v) is 11.3. The number of aryl methyl sites for hydroxylation is 1. The lowest BCUT2D eigenvalue weighted by Gasteiger charge is -2.09. The van der Waals surface area contributed by atoms with E-state index < -0.39 is 6.16 Å². The number of hydrogen-bond acceptors (Lipinski definition) is 3. The molecule has 0 unspecified atom stereocenters. The highest BCUT2D eigenvalue weighted by Crippen LogP contribution is 2.21. The van der Waals surface area contributed by atoms with Gasteiger partial charge in [0.1, 0.15) is 5.75 Å². The normalized spacial score (nSPS) is 10.1. The fourth-order valence-electron chi connectivity index (χ4n) is 1.79. The summed E-state index contributed by atoms with van der Waals surface area (Å²) in [7, 11) is 0. The van der Waals surface area contributed by atoms with E-state index in [9.17, 15) is 4.79 Å². The van der Waals surface area contributed by atoms with Crippen molar-refractivity contribution in [3.05, 3.63) is 29.8 Å². The summed E-state index contributed by atoms with van der Waals surface area (Å²) in [4.78, 5) is 11.3. The standard InChI is InChI=1S/C15H22O3/c1-3-5-6-7-10-13-11-8-9-12-14(13)18-15(16)17-4-2/h8-9,11-12H,3-7,10H2,1-2H3. The van der Waals surface area contributed by atoms with Crippen molar-refractivity contribution in [2.45, 2.75) is 46.0 Å². The molecule has 100 valence electrons. The van der Waals surface area contributed by atoms with E-state index in [0.717, 1.165) is 18.4 Å². The number of ether oxygens (including phenoxy) is 2. The topological polar surface area (TPSA) is 35.5 Å². The molecule has 3 nitrogen and oxygen atoms in total. The van der Waals surface area contributed by atoms with Crippen molar-refractivity contribution in [1.29, 1.82) is 0 Å². The van der Waals surface area contributed by atoms with Crippen LogP contribution in [0.3, 0.4) is 0 Å². The second kappa shape index (κ2) is 8.56. The minimum Gasteiger partial charge on any atom is -0.434 e. The molecule has 3 heteroatoms. The molecule has 0 fully saturated rings. The first-order valence-corrected chi connectivity index (χ1v) is 6.70. The van der Waals surface area contributed by atoms with Gasteiger partial charge in [0.15, 0.2) is 0 Å². The zero-order chi connectivity index (χ0) is 13.2. The molecule has 1 aromatic rings. The third kappa shape index (κ3) is 5.21. The highest BCUT2D eigenvalue weighted by Gasteiger charge is 2.08. The largest absolute Gasteiger partial charge is 0.513 e. The predicted molar refractivity (Wildman–Crippen MR) is 71.9 cm³/mol. The lowest BCUT2D eigenvalue weighted by molar-refractivity contribution is 0.104. The van der Waals surface area contributed by atoms with Crippen molar-refractivity contribution >= 4 is 6.16 Å². The van der Waals surface area contributed by atoms with Gasteiger partial charge in [0, 0.05) is 0 Å². The van der Waals surface area contributed by atoms with E-state index in [0.29, 0.717) is 12.4 Å². The zero-order valence-electron chi connectivity index (χ0n) is 11.3. The molecule has 0 heterocycles. The van der Waals surface area contributed by atoms with Crippen LogP contribution in [0.15, 0.2) is 24.3 Å². The quantitative estimate of drug-likeness (QED) is 0.410. The number of carbonyl (C=O) groups is 1. The van der Waals surface area contributed by atoms with Crippen LogP contribution in [-0.2, 0) is 11.2 Å². The van der Waals surface area contributed by atoms with Crippen molar-refractivity contribution < 1.29 is 14.3 Å². The van der Waals surface area contributed by atoms with Gasteiger partial charge in [-0.05, 0) is 31.4 Å². The molecule has 0 bridgehead atoms. The van der Waals surface area contributed by atoms with Gasteiger partial charge in [-0.15, -0.1) is 0 Å². The van der Waals surface area contributed by atoms with Crippen LogP contribution in [0.1, 0.15) is 45.1 Å². The van der Waals surface area contributed by atoms with Crippen molar-refractivity contribution in [3.8, 4) is 5.75 Å². The molecule has 0 saturated heterocycles. The number of para-hydroxylation sites is 1. The van der Waals surface area contributed by atoms with E-state index in [-0.39, 0.29) is 0 Å². The molecule has 18 heavy (non-hydrogen) atoms. The minimum absolute atomic E-state index is 0.331. The summed E-state index contributed by atoms with van der Waals surface area (Å²) in [6.07, 6.45) is 5.12. The lowest BCUT2D eigenvalue weighted by Crippen LogP contribution is -2.11. The number of hydrogen-bond donors (Lipinski definition) is 0. The maximum absolute atomic E-state index is 11.3. The second-order valence-corrected chi connectivity index (χ2v) is 4.20. The van der Waals surface area contributed by atoms with E-state index in [1.807, 2.05) is 24.3 Å². The van der Waals surface area contributed by atoms with Crippen LogP contribution >= 0.6 is 0 Å². The molecule has 0 aliphatic rings. The highest BCUT2D eigenvalue weighted by atomic mass is 16.7. The molecule has 0 atom stereocenters. The van der Waals surface area contributed by atoms with Gasteiger partial charge in [0.05, 0.1) is 6.61 Å². The number of carbonyl (C=O) groups excluding carboxylic acids is 1. The van der Waals surface area contributed by atoms with E-state index >= 15 is 0 Å². The fourth-order valence-corrected chi connectivity index (χ4v) is 1.79. The molecular weight excluding hydrogens is 228 g/mol. The van der Waals surface area contributed by atoms with Crippen molar-refractivity contribution in [2.75, 3.05) is 6.61 Å². The summed E-state index contributed by atoms with van der Waals surface area (Å²) in [5.74, 6) is 0.618. The maximum Gasteiger partial charge on any atom is 0.513 e. The Hall–Kier alpha value is -1.51. The summed E-state index contributed by atoms with van der Waals surface area (Å²) in [6, 6.07) is 7.64. The van der Waals surface area contributed by atoms with E-state index in [4.69, 9.17) is 9.47 Å². The Morgan fingerprint density at radius 2 is 1.89 bits per heavy atom. The first kappa shape index (κ1) is 14.6. The number of rotatable bonds is 7. The predicted octanol–water partition coefficient (Wildman–Crippen LogP) is 4.34. The van der Waals surface area contributed by atoms with Crippen LogP contribution in [0.2, 0.25) is 0 Å². The second-order valence-electron chi connectivity index (χ2n) is 4.20. The van der Waals surface area contributed by atoms with Crippen molar-refractivity contribution in [1.82, 2.24) is 0 Å². The number of unbranched alkanes of at least 4 members (excludes halogenated alkanes) is 3. The molecule has 0 saturated carbocycles. The molecule has 0 aliphatic carbocycles. The minimum atomic E-state index is -0.626. The van der Waals surface area contributed by atoms with Crippen LogP contribution in [-0.4, -0.2) is 12.8 Å². The third-order valence-corrected chi connectivity index (χ3v) is 2.73. The monoisotopic (exact) mass is 250 g/mol. The average molecular weight is 250 g/mol. The van der Waals surface area contributed by atoms with Crippen LogP contribution in [0.5, 0.6) is 5.75 Å². The van der Waals surface area contributed by atoms with Crippen molar-refractivity contribution in [3.63, 3.8) is 0 Å². The lowest BCUT2D eigenvalue weighted by atomic mass is 10.1. The van der Waals surface area contributed by atoms with E-state index in [1.165, 1.54) is 19.3 Å². The summed E-state index contributed by atoms with van der Waals surface area (Å²) < 4.78 is 9.96. The Morgan fingerprint density at radius 3 is 2.61 bits per heavy atom. The molecule has 0 N–H and O–H groups in total. The summed E-state index contributed by atoms with van der Waals surface area (Å²) >= 11 is 0. The summed E-state index contributed by atoms with van der Waals surface area (Å²) in [5.41, 5.74) is 1.07. The highest BCUT2D eigenvalue weighted by molar-refractivity contribution is 5.64. The Kier molecular flexibility index (Phi) is 6.92. The SMILES string of the molecule is CCCCCCc1ccccc1OC(=O)OCC. The van der Waals surface area contributed by atoms with Gasteiger partial charge >= 0.3 is 6.16 Å². The van der Waals surface area contributed by atoms with Crippen LogP contribution in [0.25, 0.3) is 0 Å². The van der Waals surface area contributed by atoms with Gasteiger partial charge in [-0.1, -0.05) is 44.4 Å². The average Bonchev–Trinajstić information content (AvgIpc) is 2.37.